The lowest BCUT2D eigenvalue weighted by atomic mass is 9.96. The number of rotatable bonds is 4. The van der Waals surface area contributed by atoms with Crippen LogP contribution in [-0.2, 0) is 4.74 Å². The Balaban J connectivity index is 1.55. The highest BCUT2D eigenvalue weighted by Gasteiger charge is 2.16. The van der Waals surface area contributed by atoms with Crippen LogP contribution in [0.1, 0.15) is 15.9 Å². The molecule has 0 spiro atoms. The van der Waals surface area contributed by atoms with Crippen molar-refractivity contribution in [1.29, 1.82) is 0 Å². The fourth-order valence-electron chi connectivity index (χ4n) is 3.66. The van der Waals surface area contributed by atoms with Gasteiger partial charge in [-0.05, 0) is 47.9 Å². The molecule has 0 unspecified atom stereocenters. The Morgan fingerprint density at radius 1 is 1.00 bits per heavy atom. The van der Waals surface area contributed by atoms with Crippen LogP contribution in [-0.4, -0.2) is 32.2 Å². The van der Waals surface area contributed by atoms with Gasteiger partial charge in [-0.2, -0.15) is 0 Å². The molecule has 1 amide bonds. The molecule has 0 aromatic heterocycles. The summed E-state index contributed by atoms with van der Waals surface area (Å²) in [4.78, 5) is 15.1. The average Bonchev–Trinajstić information content (AvgIpc) is 2.75. The van der Waals surface area contributed by atoms with Crippen molar-refractivity contribution < 1.29 is 9.53 Å². The van der Waals surface area contributed by atoms with Gasteiger partial charge >= 0.3 is 0 Å². The minimum absolute atomic E-state index is 0.143. The zero-order chi connectivity index (χ0) is 20.2. The van der Waals surface area contributed by atoms with Gasteiger partial charge in [0.15, 0.2) is 0 Å². The molecule has 1 N–H and O–H groups in total. The standard InChI is InChI=1S/C24H23ClN2O2/c1-17-20(18-6-3-2-4-7-18)8-5-9-21(17)24(28)26-19-10-11-23(22(25)16-19)27-12-14-29-15-13-27/h2-11,16H,12-15H2,1H3,(H,26,28). The number of nitrogens with one attached hydrogen (secondary N) is 1. The van der Waals surface area contributed by atoms with E-state index in [2.05, 4.69) is 10.2 Å². The van der Waals surface area contributed by atoms with E-state index in [-0.39, 0.29) is 5.91 Å². The normalized spacial score (nSPS) is 13.9. The van der Waals surface area contributed by atoms with Crippen molar-refractivity contribution in [1.82, 2.24) is 0 Å². The first-order chi connectivity index (χ1) is 14.1. The van der Waals surface area contributed by atoms with E-state index < -0.39 is 0 Å². The summed E-state index contributed by atoms with van der Waals surface area (Å²) in [5.74, 6) is -0.143. The van der Waals surface area contributed by atoms with Gasteiger partial charge in [0.1, 0.15) is 0 Å². The minimum atomic E-state index is -0.143. The lowest BCUT2D eigenvalue weighted by Gasteiger charge is -2.29. The van der Waals surface area contributed by atoms with E-state index in [9.17, 15) is 4.79 Å². The number of hydrogen-bond donors (Lipinski definition) is 1. The fourth-order valence-corrected chi connectivity index (χ4v) is 3.96. The van der Waals surface area contributed by atoms with Crippen molar-refractivity contribution >= 4 is 28.9 Å². The van der Waals surface area contributed by atoms with Gasteiger partial charge in [-0.3, -0.25) is 4.79 Å². The summed E-state index contributed by atoms with van der Waals surface area (Å²) in [7, 11) is 0. The second-order valence-corrected chi connectivity index (χ2v) is 7.47. The maximum absolute atomic E-state index is 12.9. The van der Waals surface area contributed by atoms with E-state index >= 15 is 0 Å². The van der Waals surface area contributed by atoms with Crippen molar-refractivity contribution in [2.45, 2.75) is 6.92 Å². The van der Waals surface area contributed by atoms with Crippen LogP contribution in [0.2, 0.25) is 5.02 Å². The molecule has 0 aliphatic carbocycles. The Kier molecular flexibility index (Phi) is 5.84. The first kappa shape index (κ1) is 19.5. The molecular weight excluding hydrogens is 384 g/mol. The molecule has 0 bridgehead atoms. The van der Waals surface area contributed by atoms with Gasteiger partial charge in [0.05, 0.1) is 23.9 Å². The van der Waals surface area contributed by atoms with Crippen LogP contribution in [0.3, 0.4) is 0 Å². The van der Waals surface area contributed by atoms with Crippen LogP contribution in [0.15, 0.2) is 66.7 Å². The molecule has 3 aromatic carbocycles. The van der Waals surface area contributed by atoms with E-state index in [1.165, 1.54) is 0 Å². The molecule has 5 heteroatoms. The maximum Gasteiger partial charge on any atom is 0.255 e. The number of carbonyl (C=O) groups is 1. The number of anilines is 2. The summed E-state index contributed by atoms with van der Waals surface area (Å²) in [6, 6.07) is 21.5. The number of morpholine rings is 1. The predicted molar refractivity (Wildman–Crippen MR) is 119 cm³/mol. The highest BCUT2D eigenvalue weighted by atomic mass is 35.5. The third kappa shape index (κ3) is 4.29. The van der Waals surface area contributed by atoms with Gasteiger partial charge in [0.2, 0.25) is 0 Å². The van der Waals surface area contributed by atoms with Crippen molar-refractivity contribution in [3.05, 3.63) is 82.9 Å². The van der Waals surface area contributed by atoms with Gasteiger partial charge in [-0.1, -0.05) is 54.1 Å². The molecule has 0 saturated carbocycles. The summed E-state index contributed by atoms with van der Waals surface area (Å²) >= 11 is 6.49. The van der Waals surface area contributed by atoms with Gasteiger partial charge in [0, 0.05) is 24.3 Å². The quantitative estimate of drug-likeness (QED) is 0.630. The first-order valence-corrected chi connectivity index (χ1v) is 10.1. The highest BCUT2D eigenvalue weighted by molar-refractivity contribution is 6.33. The number of carbonyl (C=O) groups excluding carboxylic acids is 1. The van der Waals surface area contributed by atoms with E-state index in [1.807, 2.05) is 67.6 Å². The molecule has 29 heavy (non-hydrogen) atoms. The zero-order valence-electron chi connectivity index (χ0n) is 16.3. The Labute approximate surface area is 176 Å². The zero-order valence-corrected chi connectivity index (χ0v) is 17.1. The highest BCUT2D eigenvalue weighted by Crippen LogP contribution is 2.30. The van der Waals surface area contributed by atoms with Crippen molar-refractivity contribution in [2.24, 2.45) is 0 Å². The molecule has 148 valence electrons. The predicted octanol–water partition coefficient (Wildman–Crippen LogP) is 5.40. The summed E-state index contributed by atoms with van der Waals surface area (Å²) in [5.41, 5.74) is 5.40. The number of benzene rings is 3. The molecule has 0 radical (unpaired) electrons. The third-order valence-corrected chi connectivity index (χ3v) is 5.52. The Morgan fingerprint density at radius 3 is 2.48 bits per heavy atom. The van der Waals surface area contributed by atoms with Gasteiger partial charge in [0.25, 0.3) is 5.91 Å². The number of hydrogen-bond acceptors (Lipinski definition) is 3. The molecule has 1 heterocycles. The van der Waals surface area contributed by atoms with Crippen LogP contribution in [0.5, 0.6) is 0 Å². The van der Waals surface area contributed by atoms with Crippen LogP contribution < -0.4 is 10.2 Å². The second-order valence-electron chi connectivity index (χ2n) is 7.06. The minimum Gasteiger partial charge on any atom is -0.378 e. The summed E-state index contributed by atoms with van der Waals surface area (Å²) in [6.07, 6.45) is 0. The molecule has 1 saturated heterocycles. The lowest BCUT2D eigenvalue weighted by molar-refractivity contribution is 0.102. The van der Waals surface area contributed by atoms with E-state index in [0.29, 0.717) is 29.5 Å². The molecular formula is C24H23ClN2O2. The third-order valence-electron chi connectivity index (χ3n) is 5.22. The van der Waals surface area contributed by atoms with Gasteiger partial charge < -0.3 is 15.0 Å². The van der Waals surface area contributed by atoms with E-state index in [4.69, 9.17) is 16.3 Å². The molecule has 1 aliphatic rings. The largest absolute Gasteiger partial charge is 0.378 e. The van der Waals surface area contributed by atoms with Gasteiger partial charge in [-0.25, -0.2) is 0 Å². The van der Waals surface area contributed by atoms with Crippen molar-refractivity contribution in [3.8, 4) is 11.1 Å². The molecule has 4 rings (SSSR count). The second kappa shape index (κ2) is 8.68. The maximum atomic E-state index is 12.9. The van der Waals surface area contributed by atoms with E-state index in [0.717, 1.165) is 35.5 Å². The molecule has 3 aromatic rings. The Bertz CT molecular complexity index is 1010. The van der Waals surface area contributed by atoms with Crippen LogP contribution in [0.25, 0.3) is 11.1 Å². The number of amides is 1. The number of ether oxygens (including phenoxy) is 1. The Morgan fingerprint density at radius 2 is 1.76 bits per heavy atom. The average molecular weight is 407 g/mol. The number of nitrogens with zero attached hydrogens (tertiary/aromatic N) is 1. The summed E-state index contributed by atoms with van der Waals surface area (Å²) in [5, 5.41) is 3.61. The van der Waals surface area contributed by atoms with Crippen LogP contribution in [0.4, 0.5) is 11.4 Å². The SMILES string of the molecule is Cc1c(C(=O)Nc2ccc(N3CCOCC3)c(Cl)c2)cccc1-c1ccccc1. The molecule has 1 aliphatic heterocycles. The van der Waals surface area contributed by atoms with Crippen LogP contribution in [0, 0.1) is 6.92 Å². The van der Waals surface area contributed by atoms with Crippen molar-refractivity contribution in [3.63, 3.8) is 0 Å². The Hall–Kier alpha value is -2.82. The summed E-state index contributed by atoms with van der Waals surface area (Å²) in [6.45, 7) is 5.01. The molecule has 1 fully saturated rings. The monoisotopic (exact) mass is 406 g/mol. The molecule has 4 nitrogen and oxygen atoms in total. The molecule has 0 atom stereocenters. The number of halogens is 1. The fraction of sp³-hybridized carbons (Fsp3) is 0.208. The van der Waals surface area contributed by atoms with E-state index in [1.54, 1.807) is 6.07 Å². The lowest BCUT2D eigenvalue weighted by Crippen LogP contribution is -2.36. The van der Waals surface area contributed by atoms with Crippen molar-refractivity contribution in [2.75, 3.05) is 36.5 Å². The topological polar surface area (TPSA) is 41.6 Å². The van der Waals surface area contributed by atoms with Crippen LogP contribution >= 0.6 is 11.6 Å². The smallest absolute Gasteiger partial charge is 0.255 e. The first-order valence-electron chi connectivity index (χ1n) is 9.72. The van der Waals surface area contributed by atoms with Gasteiger partial charge in [-0.15, -0.1) is 0 Å². The summed E-state index contributed by atoms with van der Waals surface area (Å²) < 4.78 is 5.40.